The maximum absolute atomic E-state index is 12.5. The Morgan fingerprint density at radius 1 is 1.31 bits per heavy atom. The van der Waals surface area contributed by atoms with Gasteiger partial charge in [0.15, 0.2) is 0 Å². The average molecular weight is 410 g/mol. The Morgan fingerprint density at radius 3 is 2.90 bits per heavy atom. The number of carbonyl (C=O) groups excluding carboxylic acids is 1. The lowest BCUT2D eigenvalue weighted by molar-refractivity contribution is -0.117. The monoisotopic (exact) mass is 409 g/mol. The van der Waals surface area contributed by atoms with Gasteiger partial charge in [0.25, 0.3) is 0 Å². The van der Waals surface area contributed by atoms with E-state index < -0.39 is 0 Å². The third-order valence-corrected chi connectivity index (χ3v) is 5.56. The van der Waals surface area contributed by atoms with Crippen LogP contribution in [0.15, 0.2) is 48.2 Å². The van der Waals surface area contributed by atoms with Gasteiger partial charge in [-0.2, -0.15) is 0 Å². The number of aryl methyl sites for hydroxylation is 1. The standard InChI is InChI=1S/C21H23N5O2S/c1-15-24-19(14-29-15)16-3-2-4-17(11-16)25-20(27)13-26-9-5-18(6-10-26)28-21-12-22-7-8-23-21/h2-4,7-8,11-12,14,18H,5-6,9-10,13H2,1H3,(H,25,27). The van der Waals surface area contributed by atoms with Crippen molar-refractivity contribution in [2.75, 3.05) is 25.0 Å². The molecule has 0 atom stereocenters. The van der Waals surface area contributed by atoms with Crippen LogP contribution in [-0.2, 0) is 4.79 Å². The minimum Gasteiger partial charge on any atom is -0.473 e. The van der Waals surface area contributed by atoms with E-state index in [4.69, 9.17) is 4.74 Å². The highest BCUT2D eigenvalue weighted by atomic mass is 32.1. The van der Waals surface area contributed by atoms with Crippen molar-refractivity contribution >= 4 is 22.9 Å². The highest BCUT2D eigenvalue weighted by Crippen LogP contribution is 2.24. The number of hydrogen-bond donors (Lipinski definition) is 1. The number of piperidine rings is 1. The van der Waals surface area contributed by atoms with E-state index in [1.165, 1.54) is 0 Å². The predicted molar refractivity (Wildman–Crippen MR) is 113 cm³/mol. The van der Waals surface area contributed by atoms with E-state index in [-0.39, 0.29) is 12.0 Å². The SMILES string of the molecule is Cc1nc(-c2cccc(NC(=O)CN3CCC(Oc4cnccn4)CC3)c2)cs1. The first-order valence-electron chi connectivity index (χ1n) is 9.63. The summed E-state index contributed by atoms with van der Waals surface area (Å²) >= 11 is 1.62. The molecule has 0 aliphatic carbocycles. The summed E-state index contributed by atoms with van der Waals surface area (Å²) in [6, 6.07) is 7.82. The first-order valence-corrected chi connectivity index (χ1v) is 10.5. The highest BCUT2D eigenvalue weighted by molar-refractivity contribution is 7.09. The van der Waals surface area contributed by atoms with Gasteiger partial charge >= 0.3 is 0 Å². The summed E-state index contributed by atoms with van der Waals surface area (Å²) in [6.45, 7) is 3.99. The lowest BCUT2D eigenvalue weighted by Crippen LogP contribution is -2.42. The van der Waals surface area contributed by atoms with Crippen LogP contribution in [0.25, 0.3) is 11.3 Å². The summed E-state index contributed by atoms with van der Waals surface area (Å²) in [7, 11) is 0. The minimum atomic E-state index is -0.00935. The van der Waals surface area contributed by atoms with Gasteiger partial charge in [-0.1, -0.05) is 12.1 Å². The van der Waals surface area contributed by atoms with Crippen molar-refractivity contribution in [1.29, 1.82) is 0 Å². The molecule has 4 rings (SSSR count). The number of likely N-dealkylation sites (tertiary alicyclic amines) is 1. The Balaban J connectivity index is 1.26. The van der Waals surface area contributed by atoms with Crippen molar-refractivity contribution in [2.45, 2.75) is 25.9 Å². The molecule has 1 aliphatic rings. The van der Waals surface area contributed by atoms with Crippen LogP contribution in [0.5, 0.6) is 5.88 Å². The summed E-state index contributed by atoms with van der Waals surface area (Å²) in [6.07, 6.45) is 6.72. The van der Waals surface area contributed by atoms with Crippen molar-refractivity contribution in [2.24, 2.45) is 0 Å². The van der Waals surface area contributed by atoms with E-state index in [0.29, 0.717) is 12.4 Å². The van der Waals surface area contributed by atoms with Gasteiger partial charge in [-0.25, -0.2) is 9.97 Å². The summed E-state index contributed by atoms with van der Waals surface area (Å²) in [4.78, 5) is 27.3. The van der Waals surface area contributed by atoms with Crippen molar-refractivity contribution in [3.63, 3.8) is 0 Å². The van der Waals surface area contributed by atoms with E-state index in [0.717, 1.165) is 47.9 Å². The molecule has 1 N–H and O–H groups in total. The highest BCUT2D eigenvalue weighted by Gasteiger charge is 2.22. The predicted octanol–water partition coefficient (Wildman–Crippen LogP) is 3.39. The number of nitrogens with one attached hydrogen (secondary N) is 1. The van der Waals surface area contributed by atoms with Gasteiger partial charge in [0.1, 0.15) is 6.10 Å². The normalized spacial score (nSPS) is 15.2. The third kappa shape index (κ3) is 5.36. The van der Waals surface area contributed by atoms with Crippen molar-refractivity contribution < 1.29 is 9.53 Å². The second kappa shape index (κ2) is 9.11. The quantitative estimate of drug-likeness (QED) is 0.672. The molecular formula is C21H23N5O2S. The van der Waals surface area contributed by atoms with Crippen LogP contribution in [0.2, 0.25) is 0 Å². The number of carbonyl (C=O) groups is 1. The smallest absolute Gasteiger partial charge is 0.238 e. The zero-order valence-electron chi connectivity index (χ0n) is 16.2. The molecule has 2 aromatic heterocycles. The zero-order valence-corrected chi connectivity index (χ0v) is 17.1. The van der Waals surface area contributed by atoms with Gasteiger partial charge in [0.05, 0.1) is 23.4 Å². The molecule has 1 aromatic carbocycles. The summed E-state index contributed by atoms with van der Waals surface area (Å²) in [5.74, 6) is 0.545. The Bertz CT molecular complexity index is 954. The second-order valence-corrected chi connectivity index (χ2v) is 8.08. The topological polar surface area (TPSA) is 80.2 Å². The summed E-state index contributed by atoms with van der Waals surface area (Å²) in [5.41, 5.74) is 2.74. The fourth-order valence-electron chi connectivity index (χ4n) is 3.36. The number of amides is 1. The molecule has 0 saturated carbocycles. The van der Waals surface area contributed by atoms with E-state index in [1.54, 1.807) is 29.9 Å². The Morgan fingerprint density at radius 2 is 2.17 bits per heavy atom. The van der Waals surface area contributed by atoms with Crippen LogP contribution >= 0.6 is 11.3 Å². The molecular weight excluding hydrogens is 386 g/mol. The number of hydrogen-bond acceptors (Lipinski definition) is 7. The van der Waals surface area contributed by atoms with Crippen molar-refractivity contribution in [3.8, 4) is 17.1 Å². The van der Waals surface area contributed by atoms with E-state index in [9.17, 15) is 4.79 Å². The lowest BCUT2D eigenvalue weighted by Gasteiger charge is -2.31. The molecule has 7 nitrogen and oxygen atoms in total. The number of ether oxygens (including phenoxy) is 1. The number of benzene rings is 1. The second-order valence-electron chi connectivity index (χ2n) is 7.02. The molecule has 1 amide bonds. The Kier molecular flexibility index (Phi) is 6.12. The summed E-state index contributed by atoms with van der Waals surface area (Å²) in [5, 5.41) is 6.06. The Hall–Kier alpha value is -2.84. The van der Waals surface area contributed by atoms with Crippen LogP contribution in [0.1, 0.15) is 17.8 Å². The molecule has 150 valence electrons. The van der Waals surface area contributed by atoms with Crippen molar-refractivity contribution in [1.82, 2.24) is 19.9 Å². The molecule has 1 saturated heterocycles. The number of anilines is 1. The average Bonchev–Trinajstić information content (AvgIpc) is 3.17. The zero-order chi connectivity index (χ0) is 20.1. The van der Waals surface area contributed by atoms with Crippen LogP contribution in [-0.4, -0.2) is 51.5 Å². The Labute approximate surface area is 173 Å². The van der Waals surface area contributed by atoms with E-state index in [2.05, 4.69) is 25.2 Å². The molecule has 3 aromatic rings. The van der Waals surface area contributed by atoms with Gasteiger partial charge in [0.2, 0.25) is 11.8 Å². The first-order chi connectivity index (χ1) is 14.2. The van der Waals surface area contributed by atoms with Crippen LogP contribution in [0.4, 0.5) is 5.69 Å². The van der Waals surface area contributed by atoms with Gasteiger partial charge in [0, 0.05) is 42.1 Å². The molecule has 0 spiro atoms. The fourth-order valence-corrected chi connectivity index (χ4v) is 3.98. The number of thiazole rings is 1. The molecule has 0 unspecified atom stereocenters. The van der Waals surface area contributed by atoms with Gasteiger partial charge < -0.3 is 10.1 Å². The van der Waals surface area contributed by atoms with Gasteiger partial charge in [-0.05, 0) is 31.9 Å². The molecule has 3 heterocycles. The van der Waals surface area contributed by atoms with E-state index >= 15 is 0 Å². The maximum atomic E-state index is 12.5. The van der Waals surface area contributed by atoms with Gasteiger partial charge in [-0.3, -0.25) is 14.7 Å². The largest absolute Gasteiger partial charge is 0.473 e. The summed E-state index contributed by atoms with van der Waals surface area (Å²) < 4.78 is 5.86. The molecule has 1 fully saturated rings. The fraction of sp³-hybridized carbons (Fsp3) is 0.333. The molecule has 29 heavy (non-hydrogen) atoms. The van der Waals surface area contributed by atoms with E-state index in [1.807, 2.05) is 36.6 Å². The first kappa shape index (κ1) is 19.5. The van der Waals surface area contributed by atoms with Crippen molar-refractivity contribution in [3.05, 3.63) is 53.2 Å². The van der Waals surface area contributed by atoms with Crippen LogP contribution in [0, 0.1) is 6.92 Å². The number of rotatable bonds is 6. The molecule has 0 bridgehead atoms. The lowest BCUT2D eigenvalue weighted by atomic mass is 10.1. The van der Waals surface area contributed by atoms with Crippen LogP contribution < -0.4 is 10.1 Å². The maximum Gasteiger partial charge on any atom is 0.238 e. The van der Waals surface area contributed by atoms with Crippen LogP contribution in [0.3, 0.4) is 0 Å². The number of aromatic nitrogens is 3. The molecule has 0 radical (unpaired) electrons. The third-order valence-electron chi connectivity index (χ3n) is 4.79. The molecule has 8 heteroatoms. The number of nitrogens with zero attached hydrogens (tertiary/aromatic N) is 4. The van der Waals surface area contributed by atoms with Gasteiger partial charge in [-0.15, -0.1) is 11.3 Å². The molecule has 1 aliphatic heterocycles. The minimum absolute atomic E-state index is 0.00935.